The second-order valence-corrected chi connectivity index (χ2v) is 6.37. The predicted molar refractivity (Wildman–Crippen MR) is 74.2 cm³/mol. The van der Waals surface area contributed by atoms with Crippen LogP contribution in [0, 0.1) is 5.92 Å². The Bertz CT molecular complexity index is 527. The summed E-state index contributed by atoms with van der Waals surface area (Å²) in [7, 11) is -4.19. The average Bonchev–Trinajstić information content (AvgIpc) is 2.23. The molecular weight excluding hydrogens is 313 g/mol. The molecule has 5 nitrogen and oxygen atoms in total. The Morgan fingerprint density at radius 1 is 1.26 bits per heavy atom. The molecule has 2 atom stereocenters. The van der Waals surface area contributed by atoms with E-state index < -0.39 is 22.5 Å². The van der Waals surface area contributed by atoms with Gasteiger partial charge in [0.05, 0.1) is 0 Å². The molecule has 0 saturated carbocycles. The van der Waals surface area contributed by atoms with E-state index in [0.29, 0.717) is 0 Å². The maximum atomic E-state index is 11.0. The summed E-state index contributed by atoms with van der Waals surface area (Å²) in [5, 5.41) is 15.6. The molecule has 0 fully saturated rings. The number of nitrogens with two attached hydrogens (primary N) is 1. The van der Waals surface area contributed by atoms with Crippen molar-refractivity contribution in [2.45, 2.75) is 26.1 Å². The molecule has 19 heavy (non-hydrogen) atoms. The number of benzene rings is 1. The van der Waals surface area contributed by atoms with Crippen molar-refractivity contribution < 1.29 is 17.7 Å². The van der Waals surface area contributed by atoms with Crippen LogP contribution in [-0.2, 0) is 14.5 Å². The molecule has 0 aromatic heterocycles. The molecule has 0 amide bonds. The molecule has 0 spiro atoms. The first-order chi connectivity index (χ1) is 8.63. The summed E-state index contributed by atoms with van der Waals surface area (Å²) in [4.78, 5) is 0. The molecule has 0 bridgehead atoms. The van der Waals surface area contributed by atoms with Crippen LogP contribution in [0.5, 0.6) is 0 Å². The smallest absolute Gasteiger partial charge is 0.333 e. The summed E-state index contributed by atoms with van der Waals surface area (Å²) in [5.41, 5.74) is 0.216. The lowest BCUT2D eigenvalue weighted by atomic mass is 9.96. The largest absolute Gasteiger partial charge is 0.386 e. The third kappa shape index (κ3) is 4.59. The highest BCUT2D eigenvalue weighted by Crippen LogP contribution is 2.35. The summed E-state index contributed by atoms with van der Waals surface area (Å²) >= 11 is 11.9. The number of hydrogen-bond acceptors (Lipinski definition) is 4. The summed E-state index contributed by atoms with van der Waals surface area (Å²) < 4.78 is 26.8. The lowest BCUT2D eigenvalue weighted by molar-refractivity contribution is 0.0120. The zero-order valence-electron chi connectivity index (χ0n) is 10.4. The Morgan fingerprint density at radius 3 is 2.11 bits per heavy atom. The van der Waals surface area contributed by atoms with Gasteiger partial charge in [-0.25, -0.2) is 5.14 Å². The van der Waals surface area contributed by atoms with Gasteiger partial charge in [-0.05, 0) is 18.1 Å². The minimum atomic E-state index is -4.19. The molecule has 1 rings (SSSR count). The normalized spacial score (nSPS) is 15.5. The minimum Gasteiger partial charge on any atom is -0.386 e. The van der Waals surface area contributed by atoms with E-state index in [0.717, 1.165) is 0 Å². The molecule has 1 aromatic rings. The van der Waals surface area contributed by atoms with Crippen LogP contribution in [-0.4, -0.2) is 19.6 Å². The van der Waals surface area contributed by atoms with Crippen LogP contribution in [0.25, 0.3) is 0 Å². The average molecular weight is 328 g/mol. The van der Waals surface area contributed by atoms with Crippen molar-refractivity contribution in [3.63, 3.8) is 0 Å². The Labute approximate surface area is 122 Å². The third-order valence-electron chi connectivity index (χ3n) is 2.51. The molecule has 108 valence electrons. The van der Waals surface area contributed by atoms with E-state index in [-0.39, 0.29) is 21.5 Å². The maximum absolute atomic E-state index is 11.0. The van der Waals surface area contributed by atoms with E-state index in [1.165, 1.54) is 0 Å². The van der Waals surface area contributed by atoms with Crippen molar-refractivity contribution in [2.75, 3.05) is 0 Å². The number of halogens is 2. The van der Waals surface area contributed by atoms with Gasteiger partial charge in [0.25, 0.3) is 0 Å². The second-order valence-electron chi connectivity index (χ2n) is 4.38. The monoisotopic (exact) mass is 327 g/mol. The Hall–Kier alpha value is -0.370. The minimum absolute atomic E-state index is 0.216. The van der Waals surface area contributed by atoms with Crippen molar-refractivity contribution in [2.24, 2.45) is 11.1 Å². The van der Waals surface area contributed by atoms with Crippen LogP contribution in [0.1, 0.15) is 25.5 Å². The molecule has 0 heterocycles. The van der Waals surface area contributed by atoms with E-state index in [9.17, 15) is 13.5 Å². The van der Waals surface area contributed by atoms with Gasteiger partial charge >= 0.3 is 10.3 Å². The first-order valence-electron chi connectivity index (χ1n) is 5.46. The fourth-order valence-corrected chi connectivity index (χ4v) is 2.90. The van der Waals surface area contributed by atoms with Crippen molar-refractivity contribution in [1.29, 1.82) is 0 Å². The van der Waals surface area contributed by atoms with Crippen molar-refractivity contribution in [3.05, 3.63) is 33.8 Å². The first kappa shape index (κ1) is 16.7. The number of aliphatic hydroxyl groups excluding tert-OH is 1. The van der Waals surface area contributed by atoms with Crippen LogP contribution in [0.2, 0.25) is 10.0 Å². The molecule has 8 heteroatoms. The molecule has 0 radical (unpaired) electrons. The van der Waals surface area contributed by atoms with E-state index in [1.807, 2.05) is 0 Å². The van der Waals surface area contributed by atoms with Crippen molar-refractivity contribution in [3.8, 4) is 0 Å². The Morgan fingerprint density at radius 2 is 1.74 bits per heavy atom. The third-order valence-corrected chi connectivity index (χ3v) is 3.66. The quantitative estimate of drug-likeness (QED) is 0.868. The Kier molecular flexibility index (Phi) is 5.61. The molecular formula is C11H15Cl2NO4S. The van der Waals surface area contributed by atoms with Crippen LogP contribution >= 0.6 is 23.2 Å². The van der Waals surface area contributed by atoms with Gasteiger partial charge in [-0.1, -0.05) is 43.1 Å². The fraction of sp³-hybridized carbons (Fsp3) is 0.455. The van der Waals surface area contributed by atoms with Gasteiger partial charge < -0.3 is 5.11 Å². The van der Waals surface area contributed by atoms with E-state index in [2.05, 4.69) is 0 Å². The van der Waals surface area contributed by atoms with Gasteiger partial charge in [0.15, 0.2) is 0 Å². The summed E-state index contributed by atoms with van der Waals surface area (Å²) in [6, 6.07) is 4.70. The molecule has 0 aliphatic heterocycles. The summed E-state index contributed by atoms with van der Waals surface area (Å²) in [6.45, 7) is 3.37. The molecule has 0 saturated heterocycles. The van der Waals surface area contributed by atoms with Crippen LogP contribution in [0.3, 0.4) is 0 Å². The molecule has 1 aromatic carbocycles. The predicted octanol–water partition coefficient (Wildman–Crippen LogP) is 2.27. The molecule has 3 N–H and O–H groups in total. The summed E-state index contributed by atoms with van der Waals surface area (Å²) in [6.07, 6.45) is -2.38. The Balaban J connectivity index is 3.17. The molecule has 0 aliphatic carbocycles. The zero-order chi connectivity index (χ0) is 14.8. The van der Waals surface area contributed by atoms with E-state index in [4.69, 9.17) is 32.5 Å². The van der Waals surface area contributed by atoms with Crippen LogP contribution in [0.15, 0.2) is 18.2 Å². The topological polar surface area (TPSA) is 89.6 Å². The standard InChI is InChI=1S/C11H15Cl2NO4S/c1-6(2)11(18-19(14,16)17)10(15)9-7(12)4-3-5-8(9)13/h3-6,10-11,15H,1-2H3,(H2,14,16,17)/t10-,11-/m1/s1. The van der Waals surface area contributed by atoms with Gasteiger partial charge in [-0.15, -0.1) is 0 Å². The highest BCUT2D eigenvalue weighted by molar-refractivity contribution is 7.84. The van der Waals surface area contributed by atoms with Crippen LogP contribution < -0.4 is 5.14 Å². The van der Waals surface area contributed by atoms with Gasteiger partial charge in [0.2, 0.25) is 0 Å². The summed E-state index contributed by atoms with van der Waals surface area (Å²) in [5.74, 6) is -0.319. The number of hydrogen-bond donors (Lipinski definition) is 2. The van der Waals surface area contributed by atoms with Gasteiger partial charge in [-0.3, -0.25) is 4.18 Å². The van der Waals surface area contributed by atoms with Crippen molar-refractivity contribution >= 4 is 33.5 Å². The molecule has 0 unspecified atom stereocenters. The number of aliphatic hydroxyl groups is 1. The molecule has 0 aliphatic rings. The van der Waals surface area contributed by atoms with Gasteiger partial charge in [0.1, 0.15) is 12.2 Å². The fourth-order valence-electron chi connectivity index (χ4n) is 1.64. The first-order valence-corrected chi connectivity index (χ1v) is 7.69. The van der Waals surface area contributed by atoms with E-state index >= 15 is 0 Å². The highest BCUT2D eigenvalue weighted by atomic mass is 35.5. The lowest BCUT2D eigenvalue weighted by Gasteiger charge is -2.26. The highest BCUT2D eigenvalue weighted by Gasteiger charge is 2.31. The van der Waals surface area contributed by atoms with Crippen molar-refractivity contribution in [1.82, 2.24) is 0 Å². The second kappa shape index (κ2) is 6.39. The van der Waals surface area contributed by atoms with E-state index in [1.54, 1.807) is 32.0 Å². The zero-order valence-corrected chi connectivity index (χ0v) is 12.7. The number of rotatable bonds is 5. The van der Waals surface area contributed by atoms with Gasteiger partial charge in [-0.2, -0.15) is 8.42 Å². The van der Waals surface area contributed by atoms with Gasteiger partial charge in [0, 0.05) is 15.6 Å². The van der Waals surface area contributed by atoms with Crippen LogP contribution in [0.4, 0.5) is 0 Å². The maximum Gasteiger partial charge on any atom is 0.333 e. The SMILES string of the molecule is CC(C)[C@@H](OS(N)(=O)=O)[C@H](O)c1c(Cl)cccc1Cl. The lowest BCUT2D eigenvalue weighted by Crippen LogP contribution is -2.33.